The normalized spacial score (nSPS) is 27.4. The van der Waals surface area contributed by atoms with E-state index in [1.54, 1.807) is 0 Å². The lowest BCUT2D eigenvalue weighted by Gasteiger charge is -2.26. The van der Waals surface area contributed by atoms with E-state index in [4.69, 9.17) is 0 Å². The summed E-state index contributed by atoms with van der Waals surface area (Å²) in [6, 6.07) is 0. The van der Waals surface area contributed by atoms with Gasteiger partial charge in [-0.3, -0.25) is 4.79 Å². The van der Waals surface area contributed by atoms with Crippen molar-refractivity contribution < 1.29 is 13.2 Å². The summed E-state index contributed by atoms with van der Waals surface area (Å²) in [6.45, 7) is 6.35. The number of rotatable bonds is 8. The molecule has 0 saturated carbocycles. The Morgan fingerprint density at radius 1 is 1.13 bits per heavy atom. The average Bonchev–Trinajstić information content (AvgIpc) is 2.93. The molecular formula is C17H32N2O3S. The van der Waals surface area contributed by atoms with Crippen LogP contribution in [0, 0.1) is 11.8 Å². The average molecular weight is 345 g/mol. The molecule has 0 aliphatic carbocycles. The first-order valence-corrected chi connectivity index (χ1v) is 11.0. The van der Waals surface area contributed by atoms with Gasteiger partial charge in [-0.2, -0.15) is 0 Å². The number of carbonyl (C=O) groups excluding carboxylic acids is 1. The van der Waals surface area contributed by atoms with Gasteiger partial charge in [-0.05, 0) is 51.2 Å². The van der Waals surface area contributed by atoms with Gasteiger partial charge < -0.3 is 4.90 Å². The smallest absolute Gasteiger partial charge is 0.211 e. The highest BCUT2D eigenvalue weighted by molar-refractivity contribution is 7.88. The first-order chi connectivity index (χ1) is 10.9. The summed E-state index contributed by atoms with van der Waals surface area (Å²) < 4.78 is 25.1. The number of likely N-dealkylation sites (tertiary alicyclic amines) is 1. The van der Waals surface area contributed by atoms with Crippen LogP contribution in [-0.4, -0.2) is 62.4 Å². The van der Waals surface area contributed by atoms with Gasteiger partial charge in [0.05, 0.1) is 6.26 Å². The summed E-state index contributed by atoms with van der Waals surface area (Å²) in [5.41, 5.74) is 0. The quantitative estimate of drug-likeness (QED) is 0.677. The fourth-order valence-electron chi connectivity index (χ4n) is 3.98. The molecule has 2 rings (SSSR count). The molecule has 0 radical (unpaired) electrons. The number of nitrogens with zero attached hydrogens (tertiary/aromatic N) is 2. The number of ketones is 1. The summed E-state index contributed by atoms with van der Waals surface area (Å²) in [4.78, 5) is 15.1. The Bertz CT molecular complexity index is 486. The van der Waals surface area contributed by atoms with E-state index in [0.29, 0.717) is 19.5 Å². The summed E-state index contributed by atoms with van der Waals surface area (Å²) in [6.07, 6.45) is 8.58. The van der Waals surface area contributed by atoms with Crippen molar-refractivity contribution in [2.75, 3.05) is 39.0 Å². The maximum absolute atomic E-state index is 12.6. The lowest BCUT2D eigenvalue weighted by Crippen LogP contribution is -2.31. The maximum Gasteiger partial charge on any atom is 0.211 e. The van der Waals surface area contributed by atoms with E-state index in [1.165, 1.54) is 29.8 Å². The Labute approximate surface area is 141 Å². The van der Waals surface area contributed by atoms with Crippen molar-refractivity contribution in [2.45, 2.75) is 51.9 Å². The molecule has 0 aromatic rings. The van der Waals surface area contributed by atoms with Crippen LogP contribution in [0.3, 0.4) is 0 Å². The Morgan fingerprint density at radius 2 is 1.83 bits per heavy atom. The topological polar surface area (TPSA) is 57.7 Å². The van der Waals surface area contributed by atoms with Crippen LogP contribution >= 0.6 is 0 Å². The van der Waals surface area contributed by atoms with Crippen LogP contribution in [0.2, 0.25) is 0 Å². The fourth-order valence-corrected chi connectivity index (χ4v) is 4.87. The molecule has 2 atom stereocenters. The third-order valence-corrected chi connectivity index (χ3v) is 6.53. The first kappa shape index (κ1) is 18.9. The van der Waals surface area contributed by atoms with E-state index in [2.05, 4.69) is 11.8 Å². The van der Waals surface area contributed by atoms with E-state index < -0.39 is 10.0 Å². The molecule has 0 aromatic carbocycles. The summed E-state index contributed by atoms with van der Waals surface area (Å²) in [5.74, 6) is 0.384. The van der Waals surface area contributed by atoms with E-state index in [9.17, 15) is 13.2 Å². The Kier molecular flexibility index (Phi) is 7.04. The van der Waals surface area contributed by atoms with Crippen molar-refractivity contribution in [1.82, 2.24) is 9.21 Å². The molecule has 0 N–H and O–H groups in total. The molecule has 134 valence electrons. The third kappa shape index (κ3) is 5.54. The number of piperidine rings is 1. The Morgan fingerprint density at radius 3 is 2.43 bits per heavy atom. The number of hydrogen-bond donors (Lipinski definition) is 0. The second kappa shape index (κ2) is 8.58. The van der Waals surface area contributed by atoms with Crippen LogP contribution in [0.5, 0.6) is 0 Å². The van der Waals surface area contributed by atoms with E-state index >= 15 is 0 Å². The zero-order valence-corrected chi connectivity index (χ0v) is 15.5. The van der Waals surface area contributed by atoms with Gasteiger partial charge in [-0.15, -0.1) is 0 Å². The van der Waals surface area contributed by atoms with Crippen molar-refractivity contribution in [3.63, 3.8) is 0 Å². The van der Waals surface area contributed by atoms with Crippen molar-refractivity contribution in [3.05, 3.63) is 0 Å². The van der Waals surface area contributed by atoms with Gasteiger partial charge in [-0.1, -0.05) is 19.8 Å². The highest BCUT2D eigenvalue weighted by atomic mass is 32.2. The summed E-state index contributed by atoms with van der Waals surface area (Å²) in [5, 5.41) is 0. The summed E-state index contributed by atoms with van der Waals surface area (Å²) >= 11 is 0. The molecule has 6 heteroatoms. The minimum atomic E-state index is -3.18. The van der Waals surface area contributed by atoms with Crippen molar-refractivity contribution in [3.8, 4) is 0 Å². The molecule has 5 nitrogen and oxygen atoms in total. The zero-order valence-electron chi connectivity index (χ0n) is 14.7. The van der Waals surface area contributed by atoms with Crippen LogP contribution in [0.1, 0.15) is 51.9 Å². The second-order valence-corrected chi connectivity index (χ2v) is 9.19. The van der Waals surface area contributed by atoms with Gasteiger partial charge >= 0.3 is 0 Å². The first-order valence-electron chi connectivity index (χ1n) is 9.12. The van der Waals surface area contributed by atoms with Crippen molar-refractivity contribution in [2.24, 2.45) is 11.8 Å². The maximum atomic E-state index is 12.6. The molecule has 2 aliphatic rings. The van der Waals surface area contributed by atoms with Crippen LogP contribution in [-0.2, 0) is 14.8 Å². The molecular weight excluding hydrogens is 312 g/mol. The molecule has 0 aromatic heterocycles. The molecule has 0 spiro atoms. The molecule has 2 fully saturated rings. The van der Waals surface area contributed by atoms with Crippen LogP contribution in [0.25, 0.3) is 0 Å². The lowest BCUT2D eigenvalue weighted by atomic mass is 9.87. The van der Waals surface area contributed by atoms with E-state index in [1.807, 2.05) is 0 Å². The zero-order chi connectivity index (χ0) is 16.9. The molecule has 0 bridgehead atoms. The lowest BCUT2D eigenvalue weighted by molar-refractivity contribution is -0.123. The SMILES string of the molecule is CCC[C@H]1CN(S(C)(=O)=O)CC1C(=O)CCCN1CCCCC1. The van der Waals surface area contributed by atoms with Gasteiger partial charge in [0.15, 0.2) is 0 Å². The Balaban J connectivity index is 1.83. The number of sulfonamides is 1. The minimum absolute atomic E-state index is 0.0916. The van der Waals surface area contributed by atoms with Gasteiger partial charge in [-0.25, -0.2) is 12.7 Å². The van der Waals surface area contributed by atoms with Crippen LogP contribution < -0.4 is 0 Å². The van der Waals surface area contributed by atoms with Gasteiger partial charge in [0.1, 0.15) is 5.78 Å². The predicted molar refractivity (Wildman–Crippen MR) is 92.8 cm³/mol. The van der Waals surface area contributed by atoms with Gasteiger partial charge in [0, 0.05) is 25.4 Å². The second-order valence-electron chi connectivity index (χ2n) is 7.21. The van der Waals surface area contributed by atoms with Crippen LogP contribution in [0.4, 0.5) is 0 Å². The molecule has 2 aliphatic heterocycles. The summed E-state index contributed by atoms with van der Waals surface area (Å²) in [7, 11) is -3.18. The highest BCUT2D eigenvalue weighted by Gasteiger charge is 2.39. The van der Waals surface area contributed by atoms with Crippen molar-refractivity contribution >= 4 is 15.8 Å². The van der Waals surface area contributed by atoms with E-state index in [-0.39, 0.29) is 17.6 Å². The third-order valence-electron chi connectivity index (χ3n) is 5.30. The molecule has 2 saturated heterocycles. The van der Waals surface area contributed by atoms with Gasteiger partial charge in [0.25, 0.3) is 0 Å². The monoisotopic (exact) mass is 344 g/mol. The number of carbonyl (C=O) groups is 1. The standard InChI is InChI=1S/C17H32N2O3S/c1-3-8-15-13-19(23(2,21)22)14-16(15)17(20)9-7-12-18-10-5-4-6-11-18/h15-16H,3-14H2,1-2H3/t15-,16?/m0/s1. The number of hydrogen-bond acceptors (Lipinski definition) is 4. The number of Topliss-reactive ketones (excluding diaryl/α,β-unsaturated/α-hetero) is 1. The minimum Gasteiger partial charge on any atom is -0.303 e. The fraction of sp³-hybridized carbons (Fsp3) is 0.941. The molecule has 23 heavy (non-hydrogen) atoms. The largest absolute Gasteiger partial charge is 0.303 e. The molecule has 0 amide bonds. The molecule has 1 unspecified atom stereocenters. The van der Waals surface area contributed by atoms with E-state index in [0.717, 1.165) is 38.9 Å². The molecule has 2 heterocycles. The highest BCUT2D eigenvalue weighted by Crippen LogP contribution is 2.30. The Hall–Kier alpha value is -0.460. The van der Waals surface area contributed by atoms with Gasteiger partial charge in [0.2, 0.25) is 10.0 Å². The van der Waals surface area contributed by atoms with Crippen molar-refractivity contribution in [1.29, 1.82) is 0 Å². The van der Waals surface area contributed by atoms with Crippen LogP contribution in [0.15, 0.2) is 0 Å². The predicted octanol–water partition coefficient (Wildman–Crippen LogP) is 2.13.